The number of anilines is 1. The molecule has 3 atom stereocenters. The zero-order valence-electron chi connectivity index (χ0n) is 26.0. The molecule has 3 unspecified atom stereocenters. The highest BCUT2D eigenvalue weighted by molar-refractivity contribution is 6.31. The molecule has 9 nitrogen and oxygen atoms in total. The molecule has 3 aliphatic heterocycles. The number of benzene rings is 1. The smallest absolute Gasteiger partial charge is 0.255 e. The van der Waals surface area contributed by atoms with Gasteiger partial charge in [-0.2, -0.15) is 0 Å². The van der Waals surface area contributed by atoms with Crippen LogP contribution in [-0.2, 0) is 9.59 Å². The van der Waals surface area contributed by atoms with Crippen molar-refractivity contribution in [3.05, 3.63) is 62.0 Å². The summed E-state index contributed by atoms with van der Waals surface area (Å²) in [5.74, 6) is 0.877. The van der Waals surface area contributed by atoms with Crippen molar-refractivity contribution in [2.24, 2.45) is 17.8 Å². The van der Waals surface area contributed by atoms with E-state index < -0.39 is 0 Å². The number of hydrogen-bond acceptors (Lipinski definition) is 5. The highest BCUT2D eigenvalue weighted by atomic mass is 35.5. The minimum Gasteiger partial charge on any atom is -0.343 e. The van der Waals surface area contributed by atoms with Gasteiger partial charge < -0.3 is 19.7 Å². The molecule has 232 valence electrons. The van der Waals surface area contributed by atoms with Crippen molar-refractivity contribution < 1.29 is 14.4 Å². The molecule has 3 saturated heterocycles. The van der Waals surface area contributed by atoms with Crippen molar-refractivity contribution in [3.63, 3.8) is 0 Å². The minimum absolute atomic E-state index is 0.000275. The first-order valence-electron chi connectivity index (χ1n) is 15.5. The van der Waals surface area contributed by atoms with Gasteiger partial charge in [-0.25, -0.2) is 0 Å². The number of pyridine rings is 1. The molecule has 0 saturated carbocycles. The Morgan fingerprint density at radius 3 is 2.21 bits per heavy atom. The monoisotopic (exact) mass is 609 g/mol. The SMILES string of the molecule is CC(=O)N1CCC(C(=O)N(CCC(C)N2CC3CN(C(=O)c4c(C)cc(=O)[nH]c4C)CC3C2)c2ccc(C)c(Cl)c2)CC1. The van der Waals surface area contributed by atoms with Crippen LogP contribution >= 0.6 is 11.6 Å². The Hall–Kier alpha value is -3.17. The molecule has 10 heteroatoms. The number of halogens is 1. The summed E-state index contributed by atoms with van der Waals surface area (Å²) in [4.78, 5) is 61.8. The Labute approximate surface area is 259 Å². The first-order valence-corrected chi connectivity index (χ1v) is 15.9. The highest BCUT2D eigenvalue weighted by Crippen LogP contribution is 2.34. The standard InChI is InChI=1S/C33H44ClN5O4/c1-20-6-7-28(15-29(20)34)39(32(42)25-9-11-36(12-10-25)24(5)40)13-8-22(3)37-16-26-18-38(19-27(26)17-37)33(43)31-21(2)14-30(41)35-23(31)4/h6-7,14-15,22,25-27H,8-13,16-19H2,1-5H3,(H,35,41). The minimum atomic E-state index is -0.182. The number of carbonyl (C=O) groups excluding carboxylic acids is 3. The first kappa shape index (κ1) is 31.3. The average Bonchev–Trinajstić information content (AvgIpc) is 3.54. The number of piperidine rings is 1. The number of nitrogens with zero attached hydrogens (tertiary/aromatic N) is 4. The van der Waals surface area contributed by atoms with E-state index in [2.05, 4.69) is 16.8 Å². The van der Waals surface area contributed by atoms with Crippen LogP contribution in [-0.4, -0.2) is 89.3 Å². The highest BCUT2D eigenvalue weighted by Gasteiger charge is 2.43. The fourth-order valence-corrected chi connectivity index (χ4v) is 7.34. The van der Waals surface area contributed by atoms with Crippen LogP contribution in [0, 0.1) is 38.5 Å². The lowest BCUT2D eigenvalue weighted by atomic mass is 9.94. The van der Waals surface area contributed by atoms with Gasteiger partial charge in [0.2, 0.25) is 17.4 Å². The van der Waals surface area contributed by atoms with Gasteiger partial charge in [0, 0.05) is 87.2 Å². The molecule has 3 amide bonds. The zero-order chi connectivity index (χ0) is 31.0. The van der Waals surface area contributed by atoms with Crippen molar-refractivity contribution in [3.8, 4) is 0 Å². The van der Waals surface area contributed by atoms with E-state index >= 15 is 0 Å². The van der Waals surface area contributed by atoms with E-state index in [9.17, 15) is 19.2 Å². The van der Waals surface area contributed by atoms with Crippen LogP contribution in [0.4, 0.5) is 5.69 Å². The van der Waals surface area contributed by atoms with E-state index in [4.69, 9.17) is 11.6 Å². The molecular formula is C33H44ClN5O4. The molecule has 1 aromatic heterocycles. The average molecular weight is 610 g/mol. The number of rotatable bonds is 7. The van der Waals surface area contributed by atoms with Crippen LogP contribution in [0.15, 0.2) is 29.1 Å². The summed E-state index contributed by atoms with van der Waals surface area (Å²) in [7, 11) is 0. The summed E-state index contributed by atoms with van der Waals surface area (Å²) in [5, 5.41) is 0.647. The Kier molecular flexibility index (Phi) is 9.32. The zero-order valence-corrected chi connectivity index (χ0v) is 26.7. The number of fused-ring (bicyclic) bond motifs is 1. The molecule has 0 bridgehead atoms. The van der Waals surface area contributed by atoms with Gasteiger partial charge in [-0.05, 0) is 82.1 Å². The molecule has 1 N–H and O–H groups in total. The Balaban J connectivity index is 1.21. The summed E-state index contributed by atoms with van der Waals surface area (Å²) in [6.07, 6.45) is 2.17. The predicted molar refractivity (Wildman–Crippen MR) is 169 cm³/mol. The lowest BCUT2D eigenvalue weighted by Gasteiger charge is -2.35. The van der Waals surface area contributed by atoms with Gasteiger partial charge in [0.1, 0.15) is 0 Å². The number of hydrogen-bond donors (Lipinski definition) is 1. The molecule has 43 heavy (non-hydrogen) atoms. The van der Waals surface area contributed by atoms with Gasteiger partial charge in [-0.1, -0.05) is 17.7 Å². The molecule has 0 aliphatic carbocycles. The Bertz CT molecular complexity index is 1410. The van der Waals surface area contributed by atoms with Crippen LogP contribution in [0.3, 0.4) is 0 Å². The van der Waals surface area contributed by atoms with Crippen LogP contribution in [0.25, 0.3) is 0 Å². The third-order valence-corrected chi connectivity index (χ3v) is 10.3. The number of H-pyrrole nitrogens is 1. The molecule has 0 spiro atoms. The van der Waals surface area contributed by atoms with E-state index in [0.29, 0.717) is 60.6 Å². The fraction of sp³-hybridized carbons (Fsp3) is 0.576. The number of amides is 3. The van der Waals surface area contributed by atoms with E-state index in [-0.39, 0.29) is 35.2 Å². The van der Waals surface area contributed by atoms with E-state index in [0.717, 1.165) is 49.4 Å². The molecule has 0 radical (unpaired) electrons. The number of carbonyl (C=O) groups is 3. The lowest BCUT2D eigenvalue weighted by molar-refractivity contribution is -0.133. The van der Waals surface area contributed by atoms with Crippen LogP contribution in [0.2, 0.25) is 5.02 Å². The van der Waals surface area contributed by atoms with Crippen molar-refractivity contribution in [2.75, 3.05) is 50.7 Å². The molecule has 4 heterocycles. The second-order valence-corrected chi connectivity index (χ2v) is 13.2. The summed E-state index contributed by atoms with van der Waals surface area (Å²) in [5.41, 5.74) is 3.57. The number of aromatic amines is 1. The molecule has 1 aromatic carbocycles. The topological polar surface area (TPSA) is 97.0 Å². The summed E-state index contributed by atoms with van der Waals surface area (Å²) < 4.78 is 0. The van der Waals surface area contributed by atoms with Gasteiger partial charge in [-0.3, -0.25) is 24.1 Å². The maximum atomic E-state index is 13.9. The van der Waals surface area contributed by atoms with Gasteiger partial charge in [0.25, 0.3) is 5.91 Å². The number of aromatic nitrogens is 1. The number of aryl methyl sites for hydroxylation is 3. The molecule has 5 rings (SSSR count). The number of nitrogens with one attached hydrogen (secondary N) is 1. The van der Waals surface area contributed by atoms with Gasteiger partial charge >= 0.3 is 0 Å². The lowest BCUT2D eigenvalue weighted by Crippen LogP contribution is -2.45. The van der Waals surface area contributed by atoms with E-state index in [1.54, 1.807) is 13.8 Å². The summed E-state index contributed by atoms with van der Waals surface area (Å²) in [6, 6.07) is 7.60. The summed E-state index contributed by atoms with van der Waals surface area (Å²) >= 11 is 6.49. The van der Waals surface area contributed by atoms with Gasteiger partial charge in [0.15, 0.2) is 0 Å². The van der Waals surface area contributed by atoms with Crippen LogP contribution < -0.4 is 10.5 Å². The maximum absolute atomic E-state index is 13.9. The van der Waals surface area contributed by atoms with E-state index in [1.807, 2.05) is 46.7 Å². The fourth-order valence-electron chi connectivity index (χ4n) is 7.17. The Morgan fingerprint density at radius 1 is 0.977 bits per heavy atom. The maximum Gasteiger partial charge on any atom is 0.255 e. The molecule has 2 aromatic rings. The largest absolute Gasteiger partial charge is 0.343 e. The summed E-state index contributed by atoms with van der Waals surface area (Å²) in [6.45, 7) is 14.5. The second kappa shape index (κ2) is 12.8. The van der Waals surface area contributed by atoms with Crippen LogP contribution in [0.5, 0.6) is 0 Å². The number of likely N-dealkylation sites (tertiary alicyclic amines) is 3. The van der Waals surface area contributed by atoms with Crippen molar-refractivity contribution >= 4 is 35.0 Å². The third-order valence-electron chi connectivity index (χ3n) is 9.86. The molecular weight excluding hydrogens is 566 g/mol. The molecule has 3 aliphatic rings. The quantitative estimate of drug-likeness (QED) is 0.511. The first-order chi connectivity index (χ1) is 20.4. The van der Waals surface area contributed by atoms with Crippen molar-refractivity contribution in [1.29, 1.82) is 0 Å². The van der Waals surface area contributed by atoms with E-state index in [1.165, 1.54) is 6.07 Å². The second-order valence-electron chi connectivity index (χ2n) is 12.8. The van der Waals surface area contributed by atoms with Gasteiger partial charge in [0.05, 0.1) is 5.56 Å². The Morgan fingerprint density at radius 2 is 1.63 bits per heavy atom. The third kappa shape index (κ3) is 6.68. The van der Waals surface area contributed by atoms with Crippen molar-refractivity contribution in [2.45, 2.75) is 59.9 Å². The predicted octanol–water partition coefficient (Wildman–Crippen LogP) is 4.03. The molecule has 3 fully saturated rings. The van der Waals surface area contributed by atoms with Gasteiger partial charge in [-0.15, -0.1) is 0 Å². The van der Waals surface area contributed by atoms with Crippen molar-refractivity contribution in [1.82, 2.24) is 19.7 Å². The van der Waals surface area contributed by atoms with Crippen LogP contribution in [0.1, 0.15) is 60.3 Å². The normalized spacial score (nSPS) is 21.6.